The van der Waals surface area contributed by atoms with Gasteiger partial charge in [0, 0.05) is 5.56 Å². The van der Waals surface area contributed by atoms with Crippen LogP contribution in [0.1, 0.15) is 29.2 Å². The number of carbonyl (C=O) groups excluding carboxylic acids is 1. The minimum absolute atomic E-state index is 0.0858. The number of hydrazone groups is 1. The van der Waals surface area contributed by atoms with Crippen LogP contribution in [-0.2, 0) is 17.8 Å². The van der Waals surface area contributed by atoms with Gasteiger partial charge in [0.2, 0.25) is 5.91 Å². The first kappa shape index (κ1) is 24.0. The van der Waals surface area contributed by atoms with Gasteiger partial charge in [-0.2, -0.15) is 10.4 Å². The Labute approximate surface area is 199 Å². The number of amides is 1. The van der Waals surface area contributed by atoms with Crippen LogP contribution >= 0.6 is 15.9 Å². The van der Waals surface area contributed by atoms with Crippen LogP contribution in [0.2, 0.25) is 0 Å². The van der Waals surface area contributed by atoms with E-state index >= 15 is 0 Å². The van der Waals surface area contributed by atoms with Gasteiger partial charge in [0.1, 0.15) is 12.4 Å². The lowest BCUT2D eigenvalue weighted by Gasteiger charge is -2.15. The normalized spacial score (nSPS) is 10.6. The molecule has 0 aromatic heterocycles. The van der Waals surface area contributed by atoms with E-state index in [9.17, 15) is 14.4 Å². The Hall–Kier alpha value is -3.70. The topological polar surface area (TPSA) is 83.7 Å². The van der Waals surface area contributed by atoms with E-state index < -0.39 is 0 Å². The number of rotatable bonds is 9. The summed E-state index contributed by atoms with van der Waals surface area (Å²) in [5.74, 6) is 0.329. The van der Waals surface area contributed by atoms with Crippen LogP contribution in [0.5, 0.6) is 11.5 Å². The molecule has 168 valence electrons. The van der Waals surface area contributed by atoms with E-state index in [2.05, 4.69) is 32.5 Å². The summed E-state index contributed by atoms with van der Waals surface area (Å²) in [7, 11) is 0. The predicted octanol–water partition coefficient (Wildman–Crippen LogP) is 5.13. The molecule has 33 heavy (non-hydrogen) atoms. The third kappa shape index (κ3) is 6.89. The van der Waals surface area contributed by atoms with E-state index in [-0.39, 0.29) is 24.8 Å². The smallest absolute Gasteiger partial charge is 0.244 e. The summed E-state index contributed by atoms with van der Waals surface area (Å²) < 4.78 is 25.3. The first-order valence-corrected chi connectivity index (χ1v) is 10.9. The van der Waals surface area contributed by atoms with Crippen molar-refractivity contribution in [2.24, 2.45) is 5.10 Å². The van der Waals surface area contributed by atoms with Gasteiger partial charge in [-0.05, 0) is 64.3 Å². The molecule has 8 heteroatoms. The van der Waals surface area contributed by atoms with E-state index in [1.165, 1.54) is 18.3 Å². The number of hydrogen-bond acceptors (Lipinski definition) is 5. The Morgan fingerprint density at radius 2 is 1.94 bits per heavy atom. The fourth-order valence-corrected chi connectivity index (χ4v) is 3.55. The van der Waals surface area contributed by atoms with Crippen molar-refractivity contribution in [1.82, 2.24) is 5.43 Å². The first-order chi connectivity index (χ1) is 16.0. The molecule has 1 N–H and O–H groups in total. The fraction of sp³-hybridized carbons (Fsp3) is 0.160. The summed E-state index contributed by atoms with van der Waals surface area (Å²) in [4.78, 5) is 12.1. The third-order valence-electron chi connectivity index (χ3n) is 4.52. The largest absolute Gasteiger partial charge is 0.490 e. The summed E-state index contributed by atoms with van der Waals surface area (Å²) in [6.07, 6.45) is 1.58. The maximum atomic E-state index is 13.0. The minimum Gasteiger partial charge on any atom is -0.490 e. The van der Waals surface area contributed by atoms with Crippen molar-refractivity contribution in [3.63, 3.8) is 0 Å². The summed E-state index contributed by atoms with van der Waals surface area (Å²) in [5, 5.41) is 13.3. The van der Waals surface area contributed by atoms with Crippen LogP contribution in [-0.4, -0.2) is 18.7 Å². The molecular weight excluding hydrogens is 489 g/mol. The van der Waals surface area contributed by atoms with Crippen LogP contribution in [0.15, 0.2) is 70.2 Å². The molecule has 0 fully saturated rings. The average molecular weight is 510 g/mol. The molecule has 1 amide bonds. The van der Waals surface area contributed by atoms with Crippen molar-refractivity contribution in [2.75, 3.05) is 6.61 Å². The Kier molecular flexibility index (Phi) is 8.56. The number of nitrogens with zero attached hydrogens (tertiary/aromatic N) is 2. The minimum atomic E-state index is -0.352. The number of halogens is 2. The van der Waals surface area contributed by atoms with E-state index in [1.54, 1.807) is 36.4 Å². The highest BCUT2D eigenvalue weighted by Crippen LogP contribution is 2.37. The average Bonchev–Trinajstić information content (AvgIpc) is 2.80. The molecule has 0 saturated carbocycles. The van der Waals surface area contributed by atoms with Gasteiger partial charge in [0.15, 0.2) is 11.5 Å². The lowest BCUT2D eigenvalue weighted by molar-refractivity contribution is -0.120. The second kappa shape index (κ2) is 11.8. The molecule has 3 aromatic rings. The Bertz CT molecular complexity index is 1190. The van der Waals surface area contributed by atoms with Gasteiger partial charge in [-0.15, -0.1) is 0 Å². The second-order valence-electron chi connectivity index (χ2n) is 6.92. The van der Waals surface area contributed by atoms with Crippen molar-refractivity contribution in [3.05, 3.63) is 93.2 Å². The van der Waals surface area contributed by atoms with Gasteiger partial charge < -0.3 is 9.47 Å². The number of nitriles is 1. The maximum Gasteiger partial charge on any atom is 0.244 e. The van der Waals surface area contributed by atoms with Gasteiger partial charge in [0.05, 0.1) is 35.3 Å². The summed E-state index contributed by atoms with van der Waals surface area (Å²) in [6.45, 7) is 2.49. The van der Waals surface area contributed by atoms with Crippen LogP contribution in [0.25, 0.3) is 0 Å². The number of ether oxygens (including phenoxy) is 2. The molecular formula is C25H21BrFN3O3. The van der Waals surface area contributed by atoms with Gasteiger partial charge >= 0.3 is 0 Å². The van der Waals surface area contributed by atoms with Crippen molar-refractivity contribution in [1.29, 1.82) is 5.26 Å². The molecule has 0 atom stereocenters. The zero-order valence-corrected chi connectivity index (χ0v) is 19.4. The molecule has 0 radical (unpaired) electrons. The van der Waals surface area contributed by atoms with Crippen molar-refractivity contribution < 1.29 is 18.7 Å². The molecule has 0 unspecified atom stereocenters. The summed E-state index contributed by atoms with van der Waals surface area (Å²) in [6, 6.07) is 18.6. The zero-order valence-electron chi connectivity index (χ0n) is 17.8. The molecule has 6 nitrogen and oxygen atoms in total. The van der Waals surface area contributed by atoms with Gasteiger partial charge in [0.25, 0.3) is 0 Å². The van der Waals surface area contributed by atoms with Crippen LogP contribution in [0.3, 0.4) is 0 Å². The predicted molar refractivity (Wildman–Crippen MR) is 127 cm³/mol. The summed E-state index contributed by atoms with van der Waals surface area (Å²) in [5.41, 5.74) is 5.14. The fourth-order valence-electron chi connectivity index (χ4n) is 2.98. The Balaban J connectivity index is 1.68. The third-order valence-corrected chi connectivity index (χ3v) is 5.11. The molecule has 3 aromatic carbocycles. The van der Waals surface area contributed by atoms with Gasteiger partial charge in [-0.3, -0.25) is 4.79 Å². The Morgan fingerprint density at radius 1 is 1.18 bits per heavy atom. The molecule has 0 aliphatic carbocycles. The van der Waals surface area contributed by atoms with Crippen molar-refractivity contribution >= 4 is 28.1 Å². The van der Waals surface area contributed by atoms with Gasteiger partial charge in [-0.25, -0.2) is 9.82 Å². The highest BCUT2D eigenvalue weighted by Gasteiger charge is 2.13. The SMILES string of the molecule is CCOc1cc(/C=N/NC(=O)Cc2ccc(F)cc2)cc(Br)c1OCc1ccccc1C#N. The molecule has 0 spiro atoms. The standard InChI is InChI=1S/C25H21BrFN3O3/c1-2-32-23-12-18(15-29-30-24(31)13-17-7-9-21(27)10-8-17)11-22(26)25(23)33-16-20-6-4-3-5-19(20)14-28/h3-12,15H,2,13,16H2,1H3,(H,30,31)/b29-15+. The number of benzene rings is 3. The molecule has 0 aliphatic heterocycles. The second-order valence-corrected chi connectivity index (χ2v) is 7.77. The van der Waals surface area contributed by atoms with E-state index in [1.807, 2.05) is 19.1 Å². The van der Waals surface area contributed by atoms with Crippen LogP contribution in [0, 0.1) is 17.1 Å². The quantitative estimate of drug-likeness (QED) is 0.320. The van der Waals surface area contributed by atoms with Crippen LogP contribution < -0.4 is 14.9 Å². The first-order valence-electron chi connectivity index (χ1n) is 10.1. The maximum absolute atomic E-state index is 13.0. The summed E-state index contributed by atoms with van der Waals surface area (Å²) >= 11 is 3.50. The van der Waals surface area contributed by atoms with Crippen LogP contribution in [0.4, 0.5) is 4.39 Å². The lowest BCUT2D eigenvalue weighted by atomic mass is 10.1. The van der Waals surface area contributed by atoms with Crippen molar-refractivity contribution in [2.45, 2.75) is 20.0 Å². The van der Waals surface area contributed by atoms with E-state index in [4.69, 9.17) is 9.47 Å². The van der Waals surface area contributed by atoms with Crippen molar-refractivity contribution in [3.8, 4) is 17.6 Å². The highest BCUT2D eigenvalue weighted by molar-refractivity contribution is 9.10. The number of nitrogens with one attached hydrogen (secondary N) is 1. The molecule has 0 aliphatic rings. The van der Waals surface area contributed by atoms with Gasteiger partial charge in [-0.1, -0.05) is 30.3 Å². The molecule has 0 heterocycles. The van der Waals surface area contributed by atoms with E-state index in [0.717, 1.165) is 5.56 Å². The number of hydrogen-bond donors (Lipinski definition) is 1. The lowest BCUT2D eigenvalue weighted by Crippen LogP contribution is -2.19. The highest BCUT2D eigenvalue weighted by atomic mass is 79.9. The number of carbonyl (C=O) groups is 1. The zero-order chi connectivity index (χ0) is 23.6. The molecule has 0 saturated heterocycles. The molecule has 0 bridgehead atoms. The monoisotopic (exact) mass is 509 g/mol. The Morgan fingerprint density at radius 3 is 2.67 bits per heavy atom. The molecule has 3 rings (SSSR count). The van der Waals surface area contributed by atoms with E-state index in [0.29, 0.717) is 39.3 Å².